The number of hydrogen-bond acceptors (Lipinski definition) is 1. The fourth-order valence-corrected chi connectivity index (χ4v) is 1.31. The summed E-state index contributed by atoms with van der Waals surface area (Å²) in [6.45, 7) is 3.17. The van der Waals surface area contributed by atoms with Gasteiger partial charge in [0.15, 0.2) is 0 Å². The van der Waals surface area contributed by atoms with E-state index in [2.05, 4.69) is 12.0 Å². The molecular formula is C12H10FN2. The van der Waals surface area contributed by atoms with E-state index < -0.39 is 5.83 Å². The number of rotatable bonds is 2. The number of hydrogen-bond donors (Lipinski definition) is 0. The SMILES string of the molecule is [CH2]/C(F)=C\c1cnn(-c2ccccc2)c1. The van der Waals surface area contributed by atoms with Gasteiger partial charge in [-0.15, -0.1) is 0 Å². The second kappa shape index (κ2) is 4.09. The van der Waals surface area contributed by atoms with Crippen LogP contribution in [0.3, 0.4) is 0 Å². The molecule has 0 aliphatic rings. The summed E-state index contributed by atoms with van der Waals surface area (Å²) in [5, 5.41) is 4.12. The Morgan fingerprint density at radius 1 is 1.33 bits per heavy atom. The second-order valence-electron chi connectivity index (χ2n) is 3.14. The van der Waals surface area contributed by atoms with Gasteiger partial charge in [-0.25, -0.2) is 9.07 Å². The smallest absolute Gasteiger partial charge is 0.101 e. The molecule has 0 bridgehead atoms. The lowest BCUT2D eigenvalue weighted by atomic mass is 10.3. The zero-order valence-electron chi connectivity index (χ0n) is 8.10. The second-order valence-corrected chi connectivity index (χ2v) is 3.14. The van der Waals surface area contributed by atoms with Crippen LogP contribution >= 0.6 is 0 Å². The Morgan fingerprint density at radius 2 is 2.07 bits per heavy atom. The summed E-state index contributed by atoms with van der Waals surface area (Å²) in [6, 6.07) is 9.65. The largest absolute Gasteiger partial charge is 0.240 e. The van der Waals surface area contributed by atoms with Crippen LogP contribution in [0.5, 0.6) is 0 Å². The first kappa shape index (κ1) is 9.65. The summed E-state index contributed by atoms with van der Waals surface area (Å²) in [4.78, 5) is 0. The number of benzene rings is 1. The zero-order chi connectivity index (χ0) is 10.7. The molecule has 1 aromatic carbocycles. The van der Waals surface area contributed by atoms with Gasteiger partial charge in [0.1, 0.15) is 5.83 Å². The molecule has 0 saturated heterocycles. The van der Waals surface area contributed by atoms with Gasteiger partial charge in [-0.05, 0) is 18.2 Å². The van der Waals surface area contributed by atoms with Crippen molar-refractivity contribution in [3.8, 4) is 5.69 Å². The van der Waals surface area contributed by atoms with Gasteiger partial charge in [0.25, 0.3) is 0 Å². The van der Waals surface area contributed by atoms with Gasteiger partial charge in [-0.3, -0.25) is 0 Å². The van der Waals surface area contributed by atoms with Crippen LogP contribution in [-0.2, 0) is 0 Å². The molecule has 1 aromatic heterocycles. The lowest BCUT2D eigenvalue weighted by Crippen LogP contribution is -1.92. The van der Waals surface area contributed by atoms with Gasteiger partial charge in [-0.1, -0.05) is 18.2 Å². The molecule has 1 heterocycles. The van der Waals surface area contributed by atoms with Gasteiger partial charge in [0.05, 0.1) is 11.9 Å². The molecule has 2 nitrogen and oxygen atoms in total. The molecule has 1 radical (unpaired) electrons. The number of allylic oxidation sites excluding steroid dienone is 1. The fraction of sp³-hybridized carbons (Fsp3) is 0. The van der Waals surface area contributed by atoms with Crippen LogP contribution in [0.25, 0.3) is 11.8 Å². The molecule has 15 heavy (non-hydrogen) atoms. The molecule has 75 valence electrons. The number of nitrogens with zero attached hydrogens (tertiary/aromatic N) is 2. The Hall–Kier alpha value is -1.90. The third kappa shape index (κ3) is 2.31. The maximum Gasteiger partial charge on any atom is 0.101 e. The zero-order valence-corrected chi connectivity index (χ0v) is 8.10. The van der Waals surface area contributed by atoms with Crippen LogP contribution in [-0.4, -0.2) is 9.78 Å². The lowest BCUT2D eigenvalue weighted by molar-refractivity contribution is 0.673. The molecule has 0 spiro atoms. The van der Waals surface area contributed by atoms with Crippen molar-refractivity contribution in [2.24, 2.45) is 0 Å². The normalized spacial score (nSPS) is 11.7. The highest BCUT2D eigenvalue weighted by atomic mass is 19.1. The van der Waals surface area contributed by atoms with Crippen LogP contribution < -0.4 is 0 Å². The van der Waals surface area contributed by atoms with Crippen molar-refractivity contribution in [3.05, 3.63) is 61.0 Å². The van der Waals surface area contributed by atoms with Gasteiger partial charge < -0.3 is 0 Å². The third-order valence-corrected chi connectivity index (χ3v) is 1.95. The molecule has 0 amide bonds. The van der Waals surface area contributed by atoms with Crippen molar-refractivity contribution < 1.29 is 4.39 Å². The topological polar surface area (TPSA) is 17.8 Å². The Labute approximate surface area is 87.7 Å². The fourth-order valence-electron chi connectivity index (χ4n) is 1.31. The van der Waals surface area contributed by atoms with E-state index in [4.69, 9.17) is 0 Å². The van der Waals surface area contributed by atoms with E-state index >= 15 is 0 Å². The van der Waals surface area contributed by atoms with Crippen molar-refractivity contribution in [1.82, 2.24) is 9.78 Å². The van der Waals surface area contributed by atoms with Crippen LogP contribution in [0.15, 0.2) is 48.6 Å². The highest BCUT2D eigenvalue weighted by molar-refractivity contribution is 5.50. The summed E-state index contributed by atoms with van der Waals surface area (Å²) in [6.07, 6.45) is 4.68. The third-order valence-electron chi connectivity index (χ3n) is 1.95. The molecular weight excluding hydrogens is 191 g/mol. The van der Waals surface area contributed by atoms with Gasteiger partial charge >= 0.3 is 0 Å². The summed E-state index contributed by atoms with van der Waals surface area (Å²) in [7, 11) is 0. The van der Waals surface area contributed by atoms with E-state index in [1.54, 1.807) is 17.1 Å². The molecule has 0 unspecified atom stereocenters. The first-order valence-electron chi connectivity index (χ1n) is 4.55. The number of halogens is 1. The van der Waals surface area contributed by atoms with Crippen LogP contribution in [0, 0.1) is 6.92 Å². The minimum atomic E-state index is -0.470. The standard InChI is InChI=1S/C12H10FN2/c1-10(13)7-11-8-14-15(9-11)12-5-3-2-4-6-12/h2-9H,1H2/b10-7+. The van der Waals surface area contributed by atoms with Crippen molar-refractivity contribution in [2.45, 2.75) is 0 Å². The van der Waals surface area contributed by atoms with E-state index in [0.717, 1.165) is 5.69 Å². The average molecular weight is 201 g/mol. The molecule has 0 saturated carbocycles. The average Bonchev–Trinajstić information content (AvgIpc) is 2.67. The Bertz CT molecular complexity index is 467. The maximum atomic E-state index is 12.5. The summed E-state index contributed by atoms with van der Waals surface area (Å²) >= 11 is 0. The van der Waals surface area contributed by atoms with Crippen LogP contribution in [0.1, 0.15) is 5.56 Å². The molecule has 0 N–H and O–H groups in total. The van der Waals surface area contributed by atoms with Crippen molar-refractivity contribution >= 4 is 6.08 Å². The first-order valence-corrected chi connectivity index (χ1v) is 4.55. The quantitative estimate of drug-likeness (QED) is 0.730. The molecule has 0 aliphatic carbocycles. The summed E-state index contributed by atoms with van der Waals surface area (Å²) in [5.41, 5.74) is 1.65. The van der Waals surface area contributed by atoms with Crippen LogP contribution in [0.2, 0.25) is 0 Å². The van der Waals surface area contributed by atoms with Gasteiger partial charge in [0, 0.05) is 18.7 Å². The number of aromatic nitrogens is 2. The Kier molecular flexibility index (Phi) is 2.63. The Balaban J connectivity index is 2.32. The first-order chi connectivity index (χ1) is 7.25. The summed E-state index contributed by atoms with van der Waals surface area (Å²) < 4.78 is 14.2. The highest BCUT2D eigenvalue weighted by Gasteiger charge is 1.98. The number of para-hydroxylation sites is 1. The monoisotopic (exact) mass is 201 g/mol. The van der Waals surface area contributed by atoms with Gasteiger partial charge in [-0.2, -0.15) is 5.10 Å². The highest BCUT2D eigenvalue weighted by Crippen LogP contribution is 2.10. The van der Waals surface area contributed by atoms with E-state index in [-0.39, 0.29) is 0 Å². The minimum absolute atomic E-state index is 0.470. The van der Waals surface area contributed by atoms with Crippen molar-refractivity contribution in [2.75, 3.05) is 0 Å². The molecule has 0 atom stereocenters. The van der Waals surface area contributed by atoms with Crippen molar-refractivity contribution in [1.29, 1.82) is 0 Å². The van der Waals surface area contributed by atoms with E-state index in [1.165, 1.54) is 6.08 Å². The van der Waals surface area contributed by atoms with Gasteiger partial charge in [0.2, 0.25) is 0 Å². The van der Waals surface area contributed by atoms with Crippen molar-refractivity contribution in [3.63, 3.8) is 0 Å². The van der Waals surface area contributed by atoms with Crippen LogP contribution in [0.4, 0.5) is 4.39 Å². The minimum Gasteiger partial charge on any atom is -0.240 e. The predicted octanol–water partition coefficient (Wildman–Crippen LogP) is 3.02. The van der Waals surface area contributed by atoms with E-state index in [0.29, 0.717) is 5.56 Å². The Morgan fingerprint density at radius 3 is 2.73 bits per heavy atom. The molecule has 2 aromatic rings. The summed E-state index contributed by atoms with van der Waals surface area (Å²) in [5.74, 6) is -0.470. The predicted molar refractivity (Wildman–Crippen MR) is 58.0 cm³/mol. The molecule has 3 heteroatoms. The van der Waals surface area contributed by atoms with E-state index in [1.807, 2.05) is 30.3 Å². The lowest BCUT2D eigenvalue weighted by Gasteiger charge is -1.98. The molecule has 2 rings (SSSR count). The maximum absolute atomic E-state index is 12.5. The molecule has 0 fully saturated rings. The van der Waals surface area contributed by atoms with E-state index in [9.17, 15) is 4.39 Å². The molecule has 0 aliphatic heterocycles.